The van der Waals surface area contributed by atoms with Gasteiger partial charge in [0.25, 0.3) is 0 Å². The fourth-order valence-corrected chi connectivity index (χ4v) is 2.79. The molecule has 1 heterocycles. The van der Waals surface area contributed by atoms with E-state index in [-0.39, 0.29) is 42.5 Å². The third-order valence-corrected chi connectivity index (χ3v) is 3.33. The van der Waals surface area contributed by atoms with Crippen molar-refractivity contribution < 1.29 is 52.2 Å². The van der Waals surface area contributed by atoms with Crippen LogP contribution in [0.2, 0.25) is 0 Å². The Morgan fingerprint density at radius 2 is 2.19 bits per heavy atom. The van der Waals surface area contributed by atoms with Gasteiger partial charge in [-0.15, -0.1) is 0 Å². The zero-order chi connectivity index (χ0) is 11.6. The van der Waals surface area contributed by atoms with Crippen LogP contribution in [-0.2, 0) is 27.5 Å². The third-order valence-electron chi connectivity index (χ3n) is 2.24. The molecule has 0 aromatic rings. The van der Waals surface area contributed by atoms with E-state index in [9.17, 15) is 13.0 Å². The molecule has 3 atom stereocenters. The first-order chi connectivity index (χ1) is 6.85. The zero-order valence-electron chi connectivity index (χ0n) is 9.47. The molecule has 1 fully saturated rings. The minimum Gasteiger partial charge on any atom is -0.744 e. The summed E-state index contributed by atoms with van der Waals surface area (Å²) in [5.74, 6) is -0.518. The molecule has 1 saturated heterocycles. The van der Waals surface area contributed by atoms with Gasteiger partial charge in [-0.1, -0.05) is 0 Å². The number of rotatable bonds is 4. The predicted molar refractivity (Wildman–Crippen MR) is 53.0 cm³/mol. The second kappa shape index (κ2) is 6.88. The van der Waals surface area contributed by atoms with Crippen LogP contribution in [0.25, 0.3) is 0 Å². The Labute approximate surface area is 123 Å². The van der Waals surface area contributed by atoms with Crippen LogP contribution >= 0.6 is 0 Å². The maximum absolute atomic E-state index is 10.6. The largest absolute Gasteiger partial charge is 1.00 e. The predicted octanol–water partition coefficient (Wildman–Crippen LogP) is -6.02. The molecule has 0 saturated carbocycles. The molecule has 0 aliphatic carbocycles. The van der Waals surface area contributed by atoms with Crippen molar-refractivity contribution in [3.63, 3.8) is 0 Å². The van der Waals surface area contributed by atoms with E-state index in [4.69, 9.17) is 17.4 Å². The Kier molecular flexibility index (Phi) is 7.35. The summed E-state index contributed by atoms with van der Waals surface area (Å²) in [7, 11) is -2.75. The van der Waals surface area contributed by atoms with Crippen LogP contribution in [0.1, 0.15) is 6.92 Å². The summed E-state index contributed by atoms with van der Waals surface area (Å²) in [6.45, 7) is 2.07. The number of nitrogens with zero attached hydrogens (tertiary/aromatic N) is 1. The molecule has 0 spiro atoms. The average Bonchev–Trinajstić information content (AvgIpc) is 2.32. The number of hydrogen-bond acceptors (Lipinski definition) is 7. The molecule has 0 amide bonds. The maximum atomic E-state index is 10.6. The van der Waals surface area contributed by atoms with Crippen LogP contribution in [0, 0.1) is 0 Å². The Bertz CT molecular complexity index is 315. The molecule has 3 unspecified atom stereocenters. The second-order valence-corrected chi connectivity index (χ2v) is 5.23. The van der Waals surface area contributed by atoms with Crippen LogP contribution in [-0.4, -0.2) is 49.4 Å². The number of quaternary nitrogens is 1. The van der Waals surface area contributed by atoms with Gasteiger partial charge in [0.15, 0.2) is 12.0 Å². The summed E-state index contributed by atoms with van der Waals surface area (Å²) in [4.78, 5) is 0.497. The summed E-state index contributed by atoms with van der Waals surface area (Å²) < 4.78 is 36.8. The Balaban J connectivity index is 0.00000225. The van der Waals surface area contributed by atoms with Crippen molar-refractivity contribution in [1.29, 1.82) is 0 Å². The van der Waals surface area contributed by atoms with Crippen LogP contribution < -0.4 is 39.9 Å². The van der Waals surface area contributed by atoms with Crippen LogP contribution in [0.3, 0.4) is 0 Å². The van der Waals surface area contributed by atoms with E-state index < -0.39 is 21.5 Å². The van der Waals surface area contributed by atoms with E-state index in [1.807, 2.05) is 0 Å². The normalized spacial score (nSPS) is 31.4. The smallest absolute Gasteiger partial charge is 0.744 e. The molecule has 0 bridgehead atoms. The molecule has 90 valence electrons. The molecular weight excluding hydrogens is 265 g/mol. The van der Waals surface area contributed by atoms with Crippen molar-refractivity contribution in [3.05, 3.63) is 0 Å². The van der Waals surface area contributed by atoms with Crippen molar-refractivity contribution in [2.75, 3.05) is 19.7 Å². The maximum Gasteiger partial charge on any atom is 1.00 e. The zero-order valence-corrected chi connectivity index (χ0v) is 13.1. The fraction of sp³-hybridized carbons (Fsp3) is 1.00. The monoisotopic (exact) mass is 279 g/mol. The second-order valence-electron chi connectivity index (χ2n) is 3.35. The minimum atomic E-state index is -4.27. The molecule has 2 N–H and O–H groups in total. The first-order valence-electron chi connectivity index (χ1n) is 4.32. The topological polar surface area (TPSA) is 86.1 Å². The Hall–Kier alpha value is 1.10. The summed E-state index contributed by atoms with van der Waals surface area (Å²) >= 11 is 5.01. The molecule has 0 radical (unpaired) electrons. The number of hydrogen-bond donors (Lipinski definition) is 2. The molecular formula is C6H14N3NaO4S2. The Morgan fingerprint density at radius 1 is 1.62 bits per heavy atom. The molecule has 10 heteroatoms. The van der Waals surface area contributed by atoms with Gasteiger partial charge in [-0.2, -0.15) is 5.01 Å². The number of hydrazine groups is 1. The molecule has 1 aliphatic rings. The first-order valence-corrected chi connectivity index (χ1v) is 6.37. The van der Waals surface area contributed by atoms with E-state index in [0.717, 1.165) is 0 Å². The van der Waals surface area contributed by atoms with Crippen molar-refractivity contribution in [1.82, 2.24) is 10.4 Å². The van der Waals surface area contributed by atoms with E-state index in [2.05, 4.69) is 5.43 Å². The van der Waals surface area contributed by atoms with E-state index >= 15 is 0 Å². The molecule has 0 aromatic carbocycles. The van der Waals surface area contributed by atoms with Crippen molar-refractivity contribution in [2.24, 2.45) is 0 Å². The minimum absolute atomic E-state index is 0. The van der Waals surface area contributed by atoms with Gasteiger partial charge < -0.3 is 26.8 Å². The first kappa shape index (κ1) is 17.1. The summed E-state index contributed by atoms with van der Waals surface area (Å²) in [6, 6.07) is 0. The SMILES string of the molecule is COCN1NC([S-])[NH+](CS(=O)(=O)[O-])C1C.[Na+]. The standard InChI is InChI=1S/C6H15N3O4S2.Na/c1-5-8(4-15(10,11)12)6(14)7-9(5)3-13-2;/h5-7,14H,3-4H2,1-2H3,(H,10,11,12);/q;+1/p-1. The summed E-state index contributed by atoms with van der Waals surface area (Å²) in [5, 5.41) is 1.66. The number of methoxy groups -OCH3 is 1. The van der Waals surface area contributed by atoms with E-state index in [1.54, 1.807) is 11.9 Å². The average molecular weight is 279 g/mol. The molecule has 0 aromatic heterocycles. The van der Waals surface area contributed by atoms with Crippen LogP contribution in [0.15, 0.2) is 0 Å². The van der Waals surface area contributed by atoms with Gasteiger partial charge in [0.2, 0.25) is 0 Å². The van der Waals surface area contributed by atoms with Gasteiger partial charge in [0, 0.05) is 19.5 Å². The molecule has 1 aliphatic heterocycles. The molecule has 1 rings (SSSR count). The van der Waals surface area contributed by atoms with Crippen LogP contribution in [0.4, 0.5) is 0 Å². The van der Waals surface area contributed by atoms with Crippen molar-refractivity contribution in [3.8, 4) is 0 Å². The fourth-order valence-electron chi connectivity index (χ4n) is 1.45. The number of nitrogens with one attached hydrogen (secondary N) is 2. The van der Waals surface area contributed by atoms with Gasteiger partial charge in [-0.25, -0.2) is 13.8 Å². The van der Waals surface area contributed by atoms with Gasteiger partial charge in [-0.3, -0.25) is 0 Å². The van der Waals surface area contributed by atoms with E-state index in [0.29, 0.717) is 4.90 Å². The van der Waals surface area contributed by atoms with Gasteiger partial charge in [0.05, 0.1) is 0 Å². The van der Waals surface area contributed by atoms with Gasteiger partial charge in [0.1, 0.15) is 16.8 Å². The number of ether oxygens (including phenoxy) is 1. The Morgan fingerprint density at radius 3 is 2.62 bits per heavy atom. The third kappa shape index (κ3) is 4.77. The van der Waals surface area contributed by atoms with Crippen LogP contribution in [0.5, 0.6) is 0 Å². The molecule has 16 heavy (non-hydrogen) atoms. The van der Waals surface area contributed by atoms with Crippen molar-refractivity contribution >= 4 is 22.7 Å². The van der Waals surface area contributed by atoms with Gasteiger partial charge in [-0.05, 0) is 0 Å². The molecule has 7 nitrogen and oxygen atoms in total. The van der Waals surface area contributed by atoms with Crippen molar-refractivity contribution in [2.45, 2.75) is 18.6 Å². The van der Waals surface area contributed by atoms with Gasteiger partial charge >= 0.3 is 29.6 Å². The van der Waals surface area contributed by atoms with E-state index in [1.165, 1.54) is 7.11 Å². The summed E-state index contributed by atoms with van der Waals surface area (Å²) in [5.41, 5.74) is 2.33. The quantitative estimate of drug-likeness (QED) is 0.301. The summed E-state index contributed by atoms with van der Waals surface area (Å²) in [6.07, 6.45) is -0.212.